The number of alkyl halides is 1. The highest BCUT2D eigenvalue weighted by Gasteiger charge is 2.20. The van der Waals surface area contributed by atoms with Gasteiger partial charge < -0.3 is 9.84 Å². The van der Waals surface area contributed by atoms with E-state index in [0.29, 0.717) is 33.8 Å². The van der Waals surface area contributed by atoms with Gasteiger partial charge in [-0.2, -0.15) is 0 Å². The smallest absolute Gasteiger partial charge is 0.156 e. The number of hydrogen-bond acceptors (Lipinski definition) is 2. The molecular weight excluding hydrogens is 307 g/mol. The van der Waals surface area contributed by atoms with Gasteiger partial charge in [0.25, 0.3) is 0 Å². The predicted molar refractivity (Wildman–Crippen MR) is 86.0 cm³/mol. The SMILES string of the molecule is C.CC.CC(C)(O)c1cc(Cl)c(OCCCl)c(Cl)c1. The summed E-state index contributed by atoms with van der Waals surface area (Å²) in [5, 5.41) is 10.6. The van der Waals surface area contributed by atoms with Crippen LogP contribution in [0.4, 0.5) is 0 Å². The molecule has 0 unspecified atom stereocenters. The van der Waals surface area contributed by atoms with Crippen LogP contribution in [0.15, 0.2) is 12.1 Å². The van der Waals surface area contributed by atoms with Crippen molar-refractivity contribution in [3.8, 4) is 5.75 Å². The van der Waals surface area contributed by atoms with Crippen molar-refractivity contribution < 1.29 is 9.84 Å². The summed E-state index contributed by atoms with van der Waals surface area (Å²) in [5.41, 5.74) is -0.348. The van der Waals surface area contributed by atoms with E-state index in [-0.39, 0.29) is 7.43 Å². The van der Waals surface area contributed by atoms with Crippen molar-refractivity contribution in [3.05, 3.63) is 27.7 Å². The van der Waals surface area contributed by atoms with Crippen LogP contribution < -0.4 is 4.74 Å². The van der Waals surface area contributed by atoms with Crippen molar-refractivity contribution >= 4 is 34.8 Å². The molecule has 0 fully saturated rings. The molecule has 1 aromatic carbocycles. The molecule has 0 radical (unpaired) electrons. The van der Waals surface area contributed by atoms with E-state index in [2.05, 4.69) is 0 Å². The zero-order valence-electron chi connectivity index (χ0n) is 11.1. The van der Waals surface area contributed by atoms with Crippen molar-refractivity contribution in [3.63, 3.8) is 0 Å². The molecule has 0 bridgehead atoms. The van der Waals surface area contributed by atoms with Crippen molar-refractivity contribution in [2.24, 2.45) is 0 Å². The van der Waals surface area contributed by atoms with Crippen molar-refractivity contribution in [2.75, 3.05) is 12.5 Å². The third kappa shape index (κ3) is 6.71. The van der Waals surface area contributed by atoms with E-state index in [1.54, 1.807) is 26.0 Å². The van der Waals surface area contributed by atoms with Crippen LogP contribution in [0.1, 0.15) is 40.7 Å². The number of ether oxygens (including phenoxy) is 1. The first-order valence-corrected chi connectivity index (χ1v) is 7.06. The van der Waals surface area contributed by atoms with Gasteiger partial charge in [-0.05, 0) is 31.5 Å². The predicted octanol–water partition coefficient (Wildman–Crippen LogP) is 5.50. The lowest BCUT2D eigenvalue weighted by Gasteiger charge is -2.19. The minimum absolute atomic E-state index is 0. The zero-order chi connectivity index (χ0) is 14.3. The van der Waals surface area contributed by atoms with Gasteiger partial charge in [-0.3, -0.25) is 0 Å². The third-order valence-corrected chi connectivity index (χ3v) is 2.74. The highest BCUT2D eigenvalue weighted by atomic mass is 35.5. The molecule has 19 heavy (non-hydrogen) atoms. The summed E-state index contributed by atoms with van der Waals surface area (Å²) in [6, 6.07) is 3.27. The monoisotopic (exact) mass is 328 g/mol. The Morgan fingerprint density at radius 1 is 1.16 bits per heavy atom. The number of hydrogen-bond donors (Lipinski definition) is 1. The van der Waals surface area contributed by atoms with Crippen LogP contribution in [0.2, 0.25) is 10.0 Å². The van der Waals surface area contributed by atoms with Crippen LogP contribution in [-0.2, 0) is 5.60 Å². The molecule has 0 aromatic heterocycles. The summed E-state index contributed by atoms with van der Waals surface area (Å²) in [6.07, 6.45) is 0. The number of halogens is 3. The average molecular weight is 330 g/mol. The Labute approximate surface area is 131 Å². The number of rotatable bonds is 4. The molecule has 2 nitrogen and oxygen atoms in total. The molecule has 0 saturated carbocycles. The second-order valence-electron chi connectivity index (χ2n) is 3.87. The summed E-state index contributed by atoms with van der Waals surface area (Å²) in [5.74, 6) is 0.761. The Morgan fingerprint density at radius 2 is 1.58 bits per heavy atom. The Hall–Kier alpha value is -0.150. The maximum Gasteiger partial charge on any atom is 0.156 e. The fourth-order valence-corrected chi connectivity index (χ4v) is 1.86. The first-order chi connectivity index (χ1) is 8.36. The van der Waals surface area contributed by atoms with Crippen molar-refractivity contribution in [2.45, 2.75) is 40.7 Å². The summed E-state index contributed by atoms with van der Waals surface area (Å²) in [7, 11) is 0. The highest BCUT2D eigenvalue weighted by molar-refractivity contribution is 6.37. The topological polar surface area (TPSA) is 29.5 Å². The largest absolute Gasteiger partial charge is 0.489 e. The Kier molecular flexibility index (Phi) is 10.8. The lowest BCUT2D eigenvalue weighted by atomic mass is 9.98. The van der Waals surface area contributed by atoms with Gasteiger partial charge in [0, 0.05) is 0 Å². The van der Waals surface area contributed by atoms with Crippen LogP contribution in [0, 0.1) is 0 Å². The summed E-state index contributed by atoms with van der Waals surface area (Å²) in [4.78, 5) is 0. The van der Waals surface area contributed by atoms with Crippen LogP contribution in [0.3, 0.4) is 0 Å². The molecule has 0 aliphatic carbocycles. The molecule has 0 atom stereocenters. The van der Waals surface area contributed by atoms with E-state index >= 15 is 0 Å². The molecule has 1 aromatic rings. The molecular formula is C14H23Cl3O2. The molecule has 1 rings (SSSR count). The number of benzene rings is 1. The minimum atomic E-state index is -0.988. The van der Waals surface area contributed by atoms with Gasteiger partial charge in [0.05, 0.1) is 21.5 Å². The maximum absolute atomic E-state index is 9.83. The average Bonchev–Trinajstić information content (AvgIpc) is 2.29. The second-order valence-corrected chi connectivity index (χ2v) is 5.06. The first-order valence-electron chi connectivity index (χ1n) is 5.77. The Bertz CT molecular complexity index is 350. The zero-order valence-corrected chi connectivity index (χ0v) is 13.3. The second kappa shape index (κ2) is 9.71. The highest BCUT2D eigenvalue weighted by Crippen LogP contribution is 2.37. The summed E-state index contributed by atoms with van der Waals surface area (Å²) >= 11 is 17.5. The fourth-order valence-electron chi connectivity index (χ4n) is 1.19. The van der Waals surface area contributed by atoms with Crippen LogP contribution >= 0.6 is 34.8 Å². The van der Waals surface area contributed by atoms with Crippen LogP contribution in [0.25, 0.3) is 0 Å². The van der Waals surface area contributed by atoms with Gasteiger partial charge in [-0.1, -0.05) is 44.5 Å². The molecule has 0 heterocycles. The van der Waals surface area contributed by atoms with E-state index < -0.39 is 5.60 Å². The fraction of sp³-hybridized carbons (Fsp3) is 0.571. The van der Waals surface area contributed by atoms with Crippen molar-refractivity contribution in [1.82, 2.24) is 0 Å². The van der Waals surface area contributed by atoms with E-state index in [0.717, 1.165) is 0 Å². The molecule has 0 spiro atoms. The van der Waals surface area contributed by atoms with E-state index in [1.807, 2.05) is 13.8 Å². The third-order valence-electron chi connectivity index (χ3n) is 2.03. The quantitative estimate of drug-likeness (QED) is 0.739. The first kappa shape index (κ1) is 21.2. The van der Waals surface area contributed by atoms with Crippen molar-refractivity contribution in [1.29, 1.82) is 0 Å². The normalized spacial score (nSPS) is 10.1. The minimum Gasteiger partial charge on any atom is -0.489 e. The molecule has 0 amide bonds. The van der Waals surface area contributed by atoms with Gasteiger partial charge >= 0.3 is 0 Å². The Balaban J connectivity index is 0. The molecule has 1 N–H and O–H groups in total. The van der Waals surface area contributed by atoms with E-state index in [9.17, 15) is 5.11 Å². The molecule has 0 aliphatic heterocycles. The number of aliphatic hydroxyl groups is 1. The molecule has 0 saturated heterocycles. The van der Waals surface area contributed by atoms with Crippen LogP contribution in [-0.4, -0.2) is 17.6 Å². The van der Waals surface area contributed by atoms with E-state index in [4.69, 9.17) is 39.5 Å². The van der Waals surface area contributed by atoms with Crippen LogP contribution in [0.5, 0.6) is 5.75 Å². The summed E-state index contributed by atoms with van der Waals surface area (Å²) < 4.78 is 5.31. The Morgan fingerprint density at radius 3 is 1.89 bits per heavy atom. The maximum atomic E-state index is 9.83. The van der Waals surface area contributed by atoms with Gasteiger partial charge in [-0.15, -0.1) is 11.6 Å². The standard InChI is InChI=1S/C11H13Cl3O2.C2H6.CH4/c1-11(2,15)7-5-8(13)10(9(14)6-7)16-4-3-12;1-2;/h5-6,15H,3-4H2,1-2H3;1-2H3;1H4. The van der Waals surface area contributed by atoms with Gasteiger partial charge in [0.1, 0.15) is 6.61 Å². The van der Waals surface area contributed by atoms with Gasteiger partial charge in [0.2, 0.25) is 0 Å². The summed E-state index contributed by atoms with van der Waals surface area (Å²) in [6.45, 7) is 7.66. The van der Waals surface area contributed by atoms with E-state index in [1.165, 1.54) is 0 Å². The molecule has 5 heteroatoms. The van der Waals surface area contributed by atoms with Gasteiger partial charge in [0.15, 0.2) is 5.75 Å². The lowest BCUT2D eigenvalue weighted by Crippen LogP contribution is -2.15. The van der Waals surface area contributed by atoms with Gasteiger partial charge in [-0.25, -0.2) is 0 Å². The molecule has 112 valence electrons. The lowest BCUT2D eigenvalue weighted by molar-refractivity contribution is 0.0785. The molecule has 0 aliphatic rings.